The molecule has 0 radical (unpaired) electrons. The third-order valence-electron chi connectivity index (χ3n) is 11.6. The number of aryl methyl sites for hydroxylation is 1. The van der Waals surface area contributed by atoms with Crippen LogP contribution in [0.25, 0.3) is 5.32 Å². The summed E-state index contributed by atoms with van der Waals surface area (Å²) < 4.78 is 25.2. The average Bonchev–Trinajstić information content (AvgIpc) is 3.33. The fraction of sp³-hybridized carbons (Fsp3) is 0.274. The SMILES string of the molecule is CC(/C=C(/C)[N-]c1c(C(C)C)cccc1C(C)C)=Nc1c(C(C)C)cccc1C(C)C.CP(=O)(c1ccccc1)c1ccccc1.CP(=O)(c1ccccc1)c1ccccc1.Cc1ccccc1.[O-2].[O-2].[U]. The van der Waals surface area contributed by atoms with Crippen LogP contribution in [0, 0.1) is 38.0 Å². The molecule has 7 rings (SSSR count). The van der Waals surface area contributed by atoms with E-state index in [1.165, 1.54) is 27.8 Å². The summed E-state index contributed by atoms with van der Waals surface area (Å²) in [4.78, 5) is 5.08. The maximum absolute atomic E-state index is 12.6. The second-order valence-corrected chi connectivity index (χ2v) is 24.4. The van der Waals surface area contributed by atoms with E-state index in [-0.39, 0.29) is 42.1 Å². The zero-order valence-electron chi connectivity index (χ0n) is 44.2. The molecule has 7 aromatic rings. The zero-order valence-corrected chi connectivity index (χ0v) is 50.2. The molecule has 376 valence electrons. The minimum absolute atomic E-state index is 0. The summed E-state index contributed by atoms with van der Waals surface area (Å²) in [7, 11) is -4.79. The van der Waals surface area contributed by atoms with Gasteiger partial charge in [-0.3, -0.25) is 4.99 Å². The van der Waals surface area contributed by atoms with Crippen LogP contribution in [0.1, 0.15) is 121 Å². The smallest absolute Gasteiger partial charge is 0.140 e. The van der Waals surface area contributed by atoms with Crippen LogP contribution in [0.2, 0.25) is 0 Å². The van der Waals surface area contributed by atoms with Crippen LogP contribution < -0.4 is 21.2 Å². The summed E-state index contributed by atoms with van der Waals surface area (Å²) in [5.41, 5.74) is 10.8. The molecule has 0 amide bonds. The van der Waals surface area contributed by atoms with Gasteiger partial charge >= 0.3 is 0 Å². The molecule has 0 bridgehead atoms. The first kappa shape index (κ1) is 64.2. The van der Waals surface area contributed by atoms with E-state index in [0.29, 0.717) is 23.7 Å². The van der Waals surface area contributed by atoms with Gasteiger partial charge in [0.1, 0.15) is 14.3 Å². The molecule has 0 aliphatic heterocycles. The fourth-order valence-electron chi connectivity index (χ4n) is 7.68. The molecule has 0 atom stereocenters. The summed E-state index contributed by atoms with van der Waals surface area (Å²) >= 11 is 0. The van der Waals surface area contributed by atoms with Gasteiger partial charge in [0.15, 0.2) is 0 Å². The molecule has 0 aliphatic rings. The van der Waals surface area contributed by atoms with Crippen molar-refractivity contribution in [2.45, 2.75) is 99.8 Å². The van der Waals surface area contributed by atoms with Gasteiger partial charge in [-0.15, -0.1) is 5.69 Å². The Morgan fingerprint density at radius 3 is 0.958 bits per heavy atom. The van der Waals surface area contributed by atoms with Crippen molar-refractivity contribution in [2.24, 2.45) is 4.99 Å². The van der Waals surface area contributed by atoms with Gasteiger partial charge in [-0.25, -0.2) is 0 Å². The number of rotatable bonds is 12. The van der Waals surface area contributed by atoms with Crippen LogP contribution in [0.5, 0.6) is 0 Å². The molecular weight excluding hydrogens is 1140 g/mol. The topological polar surface area (TPSA) is 118 Å². The van der Waals surface area contributed by atoms with Crippen LogP contribution >= 0.6 is 14.3 Å². The van der Waals surface area contributed by atoms with Gasteiger partial charge in [-0.1, -0.05) is 273 Å². The van der Waals surface area contributed by atoms with Crippen LogP contribution in [0.3, 0.4) is 0 Å². The zero-order chi connectivity index (χ0) is 49.9. The molecule has 0 heterocycles. The monoisotopic (exact) mass is 1210 g/mol. The van der Waals surface area contributed by atoms with E-state index < -0.39 is 14.3 Å². The summed E-state index contributed by atoms with van der Waals surface area (Å²) in [6.45, 7) is 27.8. The van der Waals surface area contributed by atoms with Crippen LogP contribution in [-0.4, -0.2) is 19.0 Å². The van der Waals surface area contributed by atoms with Crippen molar-refractivity contribution >= 4 is 52.6 Å². The van der Waals surface area contributed by atoms with Crippen molar-refractivity contribution in [3.05, 3.63) is 233 Å². The van der Waals surface area contributed by atoms with Crippen molar-refractivity contribution in [1.82, 2.24) is 0 Å². The fourth-order valence-corrected chi connectivity index (χ4v) is 11.2. The molecule has 0 saturated heterocycles. The number of allylic oxidation sites excluding steroid dienone is 2. The normalized spacial score (nSPS) is 11.3. The van der Waals surface area contributed by atoms with Crippen molar-refractivity contribution in [1.29, 1.82) is 0 Å². The molecule has 0 aliphatic carbocycles. The third kappa shape index (κ3) is 19.6. The first-order chi connectivity index (χ1) is 32.3. The van der Waals surface area contributed by atoms with E-state index in [1.807, 2.05) is 153 Å². The van der Waals surface area contributed by atoms with E-state index in [9.17, 15) is 9.13 Å². The van der Waals surface area contributed by atoms with E-state index >= 15 is 0 Å². The number of benzene rings is 7. The van der Waals surface area contributed by atoms with Gasteiger partial charge in [-0.05, 0) is 62.0 Å². The Labute approximate surface area is 451 Å². The number of aliphatic imine (C=N–C) groups is 1. The summed E-state index contributed by atoms with van der Waals surface area (Å²) in [5.74, 6) is 1.75. The third-order valence-corrected chi connectivity index (χ3v) is 16.7. The van der Waals surface area contributed by atoms with E-state index in [0.717, 1.165) is 44.0 Å². The predicted octanol–water partition coefficient (Wildman–Crippen LogP) is 16.9. The number of hydrogen-bond donors (Lipinski definition) is 0. The van der Waals surface area contributed by atoms with Crippen LogP contribution in [-0.2, 0) is 20.1 Å². The maximum atomic E-state index is 12.6. The Kier molecular flexibility index (Phi) is 28.6. The molecular formula is C62H75N2O4P2U-5. The first-order valence-corrected chi connectivity index (χ1v) is 28.2. The van der Waals surface area contributed by atoms with Gasteiger partial charge in [0.05, 0.1) is 5.69 Å². The first-order valence-electron chi connectivity index (χ1n) is 23.9. The molecule has 0 N–H and O–H groups in total. The van der Waals surface area contributed by atoms with Crippen molar-refractivity contribution < 1.29 is 51.2 Å². The molecule has 0 unspecified atom stereocenters. The number of para-hydroxylation sites is 2. The van der Waals surface area contributed by atoms with E-state index in [1.54, 1.807) is 0 Å². The van der Waals surface area contributed by atoms with Crippen LogP contribution in [0.4, 0.5) is 11.4 Å². The summed E-state index contributed by atoms with van der Waals surface area (Å²) in [6, 6.07) is 62.0. The van der Waals surface area contributed by atoms with E-state index in [2.05, 4.69) is 131 Å². The minimum atomic E-state index is -2.40. The minimum Gasteiger partial charge on any atom is -2.00 e. The van der Waals surface area contributed by atoms with Gasteiger partial charge in [-0.2, -0.15) is 5.70 Å². The molecule has 0 fully saturated rings. The van der Waals surface area contributed by atoms with Gasteiger partial charge in [0, 0.05) is 58.0 Å². The second kappa shape index (κ2) is 31.6. The molecule has 9 heteroatoms. The molecule has 6 nitrogen and oxygen atoms in total. The average molecular weight is 1210 g/mol. The Balaban J connectivity index is 0.000000526. The van der Waals surface area contributed by atoms with Crippen molar-refractivity contribution in [2.75, 3.05) is 13.3 Å². The molecule has 0 spiro atoms. The molecule has 0 saturated carbocycles. The largest absolute Gasteiger partial charge is 2.00 e. The maximum Gasteiger partial charge on any atom is 0.140 e. The Bertz CT molecular complexity index is 2530. The molecule has 7 aromatic carbocycles. The van der Waals surface area contributed by atoms with Gasteiger partial charge in [0.25, 0.3) is 0 Å². The van der Waals surface area contributed by atoms with Crippen molar-refractivity contribution in [3.63, 3.8) is 0 Å². The quantitative estimate of drug-likeness (QED) is 0.0895. The predicted molar refractivity (Wildman–Crippen MR) is 303 cm³/mol. The summed E-state index contributed by atoms with van der Waals surface area (Å²) in [6.07, 6.45) is 2.11. The Morgan fingerprint density at radius 1 is 0.437 bits per heavy atom. The number of nitrogens with zero attached hydrogens (tertiary/aromatic N) is 2. The molecule has 71 heavy (non-hydrogen) atoms. The number of hydrogen-bond acceptors (Lipinski definition) is 3. The van der Waals surface area contributed by atoms with E-state index in [4.69, 9.17) is 10.3 Å². The Morgan fingerprint density at radius 2 is 0.704 bits per heavy atom. The standard InChI is InChI=1S/C29H41N2.2C13H13OP.C7H8.2O.U/c1-18(2)24-13-11-14-25(19(3)4)28(24)30-22(9)17-23(10)31-29-26(20(5)6)15-12-16-27(29)21(7)8;2*1-15(14,12-8-4-2-5-9-12)13-10-6-3-7-11-13;1-7-5-3-2-4-6-7;;;/h11-21H,1-10H3;2*2-11H,1H3;2-6H,1H3;;;/q-1;;;;2*-2;/b22-17-,31-23?;;;;;;. The van der Waals surface area contributed by atoms with Crippen LogP contribution in [0.15, 0.2) is 205 Å². The summed E-state index contributed by atoms with van der Waals surface area (Å²) in [5, 5.41) is 8.73. The molecule has 0 aromatic heterocycles. The van der Waals surface area contributed by atoms with Crippen molar-refractivity contribution in [3.8, 4) is 0 Å². The Hall–Kier alpha value is -4.82. The second-order valence-electron chi connectivity index (χ2n) is 18.7. The van der Waals surface area contributed by atoms with Gasteiger partial charge in [0.2, 0.25) is 0 Å². The van der Waals surface area contributed by atoms with Gasteiger partial charge < -0.3 is 25.4 Å².